The van der Waals surface area contributed by atoms with Crippen molar-refractivity contribution in [1.29, 1.82) is 0 Å². The molecule has 2 heteroatoms. The lowest BCUT2D eigenvalue weighted by molar-refractivity contribution is -0.121. The van der Waals surface area contributed by atoms with Gasteiger partial charge in [-0.05, 0) is 43.9 Å². The van der Waals surface area contributed by atoms with Crippen LogP contribution in [-0.4, -0.2) is 5.91 Å². The Morgan fingerprint density at radius 3 is 2.26 bits per heavy atom. The van der Waals surface area contributed by atoms with Crippen molar-refractivity contribution in [3.8, 4) is 0 Å². The van der Waals surface area contributed by atoms with Crippen LogP contribution in [0.3, 0.4) is 0 Å². The average molecular weight is 261 g/mol. The summed E-state index contributed by atoms with van der Waals surface area (Å²) in [7, 11) is 0. The van der Waals surface area contributed by atoms with E-state index in [0.717, 1.165) is 12.8 Å². The monoisotopic (exact) mass is 261 g/mol. The van der Waals surface area contributed by atoms with E-state index in [1.165, 1.54) is 35.1 Å². The second kappa shape index (κ2) is 7.98. The highest BCUT2D eigenvalue weighted by atomic mass is 16.1. The van der Waals surface area contributed by atoms with E-state index in [1.807, 2.05) is 0 Å². The molecule has 0 bridgehead atoms. The number of rotatable bonds is 7. The van der Waals surface area contributed by atoms with E-state index in [2.05, 4.69) is 45.1 Å². The molecule has 0 saturated carbocycles. The van der Waals surface area contributed by atoms with Crippen molar-refractivity contribution >= 4 is 5.91 Å². The number of nitrogens with one attached hydrogen (secondary N) is 1. The number of unbranched alkanes of at least 4 members (excludes halogenated alkanes) is 3. The van der Waals surface area contributed by atoms with Crippen LogP contribution in [-0.2, 0) is 11.3 Å². The topological polar surface area (TPSA) is 29.1 Å². The van der Waals surface area contributed by atoms with Crippen LogP contribution in [0, 0.1) is 20.8 Å². The van der Waals surface area contributed by atoms with Crippen molar-refractivity contribution in [3.05, 3.63) is 34.4 Å². The van der Waals surface area contributed by atoms with Crippen LogP contribution in [0.1, 0.15) is 61.3 Å². The molecule has 0 spiro atoms. The summed E-state index contributed by atoms with van der Waals surface area (Å²) in [5.74, 6) is 0.176. The van der Waals surface area contributed by atoms with Gasteiger partial charge < -0.3 is 5.32 Å². The lowest BCUT2D eigenvalue weighted by Gasteiger charge is -2.12. The Labute approximate surface area is 117 Å². The van der Waals surface area contributed by atoms with E-state index in [9.17, 15) is 4.79 Å². The Morgan fingerprint density at radius 2 is 1.68 bits per heavy atom. The van der Waals surface area contributed by atoms with Gasteiger partial charge in [-0.1, -0.05) is 43.9 Å². The molecule has 0 aliphatic heterocycles. The van der Waals surface area contributed by atoms with Gasteiger partial charge in [0.15, 0.2) is 0 Å². The lowest BCUT2D eigenvalue weighted by atomic mass is 10.00. The van der Waals surface area contributed by atoms with Crippen molar-refractivity contribution in [1.82, 2.24) is 5.32 Å². The number of hydrogen-bond donors (Lipinski definition) is 1. The molecule has 1 aromatic carbocycles. The number of hydrogen-bond acceptors (Lipinski definition) is 1. The maximum atomic E-state index is 11.8. The second-order valence-corrected chi connectivity index (χ2v) is 5.46. The Morgan fingerprint density at radius 1 is 1.05 bits per heavy atom. The minimum Gasteiger partial charge on any atom is -0.352 e. The van der Waals surface area contributed by atoms with Crippen LogP contribution >= 0.6 is 0 Å². The maximum absolute atomic E-state index is 11.8. The summed E-state index contributed by atoms with van der Waals surface area (Å²) in [4.78, 5) is 11.8. The molecule has 1 N–H and O–H groups in total. The number of amides is 1. The van der Waals surface area contributed by atoms with Gasteiger partial charge in [0.1, 0.15) is 0 Å². The van der Waals surface area contributed by atoms with E-state index in [0.29, 0.717) is 13.0 Å². The summed E-state index contributed by atoms with van der Waals surface area (Å²) in [5.41, 5.74) is 5.07. The Hall–Kier alpha value is -1.31. The zero-order chi connectivity index (χ0) is 14.3. The van der Waals surface area contributed by atoms with Crippen LogP contribution in [0.4, 0.5) is 0 Å². The first-order valence-electron chi connectivity index (χ1n) is 7.38. The molecular formula is C17H27NO. The van der Waals surface area contributed by atoms with Gasteiger partial charge in [0, 0.05) is 13.0 Å². The summed E-state index contributed by atoms with van der Waals surface area (Å²) in [6.07, 6.45) is 5.26. The molecule has 0 aliphatic rings. The summed E-state index contributed by atoms with van der Waals surface area (Å²) in [6.45, 7) is 9.18. The maximum Gasteiger partial charge on any atom is 0.220 e. The zero-order valence-corrected chi connectivity index (χ0v) is 12.8. The fourth-order valence-corrected chi connectivity index (χ4v) is 2.48. The van der Waals surface area contributed by atoms with Crippen molar-refractivity contribution in [3.63, 3.8) is 0 Å². The molecule has 1 aromatic rings. The zero-order valence-electron chi connectivity index (χ0n) is 12.8. The normalized spacial score (nSPS) is 10.5. The quantitative estimate of drug-likeness (QED) is 0.732. The number of aryl methyl sites for hydroxylation is 3. The van der Waals surface area contributed by atoms with Gasteiger partial charge >= 0.3 is 0 Å². The van der Waals surface area contributed by atoms with E-state index >= 15 is 0 Å². The Bertz CT molecular complexity index is 400. The molecule has 106 valence electrons. The first-order valence-corrected chi connectivity index (χ1v) is 7.38. The van der Waals surface area contributed by atoms with Gasteiger partial charge in [-0.3, -0.25) is 4.79 Å². The minimum absolute atomic E-state index is 0.176. The summed E-state index contributed by atoms with van der Waals surface area (Å²) < 4.78 is 0. The third-order valence-electron chi connectivity index (χ3n) is 3.56. The average Bonchev–Trinajstić information content (AvgIpc) is 2.33. The van der Waals surface area contributed by atoms with Gasteiger partial charge in [0.2, 0.25) is 5.91 Å². The summed E-state index contributed by atoms with van der Waals surface area (Å²) in [5, 5.41) is 3.04. The van der Waals surface area contributed by atoms with Gasteiger partial charge in [-0.25, -0.2) is 0 Å². The molecule has 19 heavy (non-hydrogen) atoms. The molecule has 2 nitrogen and oxygen atoms in total. The van der Waals surface area contributed by atoms with Crippen LogP contribution in [0.5, 0.6) is 0 Å². The van der Waals surface area contributed by atoms with Gasteiger partial charge in [0.05, 0.1) is 0 Å². The molecule has 0 fully saturated rings. The molecule has 0 saturated heterocycles. The van der Waals surface area contributed by atoms with Crippen molar-refractivity contribution in [2.45, 2.75) is 66.3 Å². The van der Waals surface area contributed by atoms with Crippen LogP contribution in [0.15, 0.2) is 12.1 Å². The highest BCUT2D eigenvalue weighted by Gasteiger charge is 2.06. The summed E-state index contributed by atoms with van der Waals surface area (Å²) in [6, 6.07) is 4.35. The van der Waals surface area contributed by atoms with Gasteiger partial charge in [-0.2, -0.15) is 0 Å². The smallest absolute Gasteiger partial charge is 0.220 e. The third-order valence-corrected chi connectivity index (χ3v) is 3.56. The summed E-state index contributed by atoms with van der Waals surface area (Å²) >= 11 is 0. The van der Waals surface area contributed by atoms with Gasteiger partial charge in [-0.15, -0.1) is 0 Å². The number of carbonyl (C=O) groups is 1. The predicted molar refractivity (Wildman–Crippen MR) is 81.3 cm³/mol. The molecule has 1 amide bonds. The number of carbonyl (C=O) groups excluding carboxylic acids is 1. The Balaban J connectivity index is 2.42. The highest BCUT2D eigenvalue weighted by Crippen LogP contribution is 2.16. The molecule has 1 rings (SSSR count). The molecule has 0 aromatic heterocycles. The fraction of sp³-hybridized carbons (Fsp3) is 0.588. The van der Waals surface area contributed by atoms with Crippen LogP contribution in [0.25, 0.3) is 0 Å². The van der Waals surface area contributed by atoms with Crippen molar-refractivity contribution in [2.75, 3.05) is 0 Å². The SMILES string of the molecule is CCCCCCC(=O)NCc1c(C)cc(C)cc1C. The van der Waals surface area contributed by atoms with E-state index in [4.69, 9.17) is 0 Å². The second-order valence-electron chi connectivity index (χ2n) is 5.46. The molecule has 0 radical (unpaired) electrons. The largest absolute Gasteiger partial charge is 0.352 e. The number of benzene rings is 1. The van der Waals surface area contributed by atoms with Crippen LogP contribution in [0.2, 0.25) is 0 Å². The van der Waals surface area contributed by atoms with E-state index in [-0.39, 0.29) is 5.91 Å². The van der Waals surface area contributed by atoms with Crippen LogP contribution < -0.4 is 5.32 Å². The molecular weight excluding hydrogens is 234 g/mol. The molecule has 0 heterocycles. The first-order chi connectivity index (χ1) is 9.04. The highest BCUT2D eigenvalue weighted by molar-refractivity contribution is 5.75. The standard InChI is InChI=1S/C17H27NO/c1-5-6-7-8-9-17(19)18-12-16-14(3)10-13(2)11-15(16)4/h10-11H,5-9,12H2,1-4H3,(H,18,19). The molecule has 0 aliphatic carbocycles. The fourth-order valence-electron chi connectivity index (χ4n) is 2.48. The molecule has 0 unspecified atom stereocenters. The molecule has 0 atom stereocenters. The lowest BCUT2D eigenvalue weighted by Crippen LogP contribution is -2.23. The first kappa shape index (κ1) is 15.7. The minimum atomic E-state index is 0.176. The third kappa shape index (κ3) is 5.46. The van der Waals surface area contributed by atoms with Crippen molar-refractivity contribution < 1.29 is 4.79 Å². The van der Waals surface area contributed by atoms with Crippen molar-refractivity contribution in [2.24, 2.45) is 0 Å². The Kier molecular flexibility index (Phi) is 6.61. The van der Waals surface area contributed by atoms with Gasteiger partial charge in [0.25, 0.3) is 0 Å². The predicted octanol–water partition coefficient (Wildman–Crippen LogP) is 4.20. The van der Waals surface area contributed by atoms with E-state index in [1.54, 1.807) is 0 Å². The van der Waals surface area contributed by atoms with E-state index < -0.39 is 0 Å².